The molecular formula is C24H27N3O4S. The molecule has 1 atom stereocenters. The van der Waals surface area contributed by atoms with E-state index in [1.54, 1.807) is 15.9 Å². The molecule has 7 nitrogen and oxygen atoms in total. The first-order valence-corrected chi connectivity index (χ1v) is 12.3. The second-order valence-electron chi connectivity index (χ2n) is 8.14. The van der Waals surface area contributed by atoms with Gasteiger partial charge in [-0.3, -0.25) is 9.59 Å². The predicted molar refractivity (Wildman–Crippen MR) is 123 cm³/mol. The lowest BCUT2D eigenvalue weighted by atomic mass is 10.1. The van der Waals surface area contributed by atoms with E-state index >= 15 is 0 Å². The Morgan fingerprint density at radius 1 is 0.938 bits per heavy atom. The van der Waals surface area contributed by atoms with E-state index in [9.17, 15) is 18.0 Å². The lowest BCUT2D eigenvalue weighted by molar-refractivity contribution is -0.137. The maximum atomic E-state index is 13.0. The molecule has 0 bridgehead atoms. The molecule has 1 unspecified atom stereocenters. The number of piperazine rings is 1. The number of hydrogen-bond acceptors (Lipinski definition) is 4. The van der Waals surface area contributed by atoms with Crippen molar-refractivity contribution < 1.29 is 18.0 Å². The zero-order valence-electron chi connectivity index (χ0n) is 17.8. The second kappa shape index (κ2) is 9.67. The van der Waals surface area contributed by atoms with Gasteiger partial charge in [0.15, 0.2) is 0 Å². The number of carbonyl (C=O) groups excluding carboxylic acids is 2. The summed E-state index contributed by atoms with van der Waals surface area (Å²) in [4.78, 5) is 28.8. The zero-order valence-corrected chi connectivity index (χ0v) is 18.7. The normalized spacial score (nSPS) is 20.2. The van der Waals surface area contributed by atoms with Crippen LogP contribution in [0.5, 0.6) is 0 Å². The third kappa shape index (κ3) is 5.26. The third-order valence-electron chi connectivity index (χ3n) is 5.92. The number of amides is 2. The number of likely N-dealkylation sites (tertiary alicyclic amines) is 1. The molecule has 2 aliphatic rings. The summed E-state index contributed by atoms with van der Waals surface area (Å²) in [5.41, 5.74) is 1.85. The van der Waals surface area contributed by atoms with Crippen molar-refractivity contribution in [3.63, 3.8) is 0 Å². The SMILES string of the molecule is O=C1CC(C(=O)N2CCN(S(=O)(=O)C=Cc3ccccc3)CC2)CN1Cc1ccccc1. The van der Waals surface area contributed by atoms with Gasteiger partial charge in [0.25, 0.3) is 0 Å². The van der Waals surface area contributed by atoms with Crippen molar-refractivity contribution in [1.82, 2.24) is 14.1 Å². The first-order chi connectivity index (χ1) is 15.4. The Kier molecular flexibility index (Phi) is 6.72. The molecule has 2 saturated heterocycles. The van der Waals surface area contributed by atoms with Gasteiger partial charge in [0.05, 0.1) is 5.92 Å². The summed E-state index contributed by atoms with van der Waals surface area (Å²) in [6, 6.07) is 19.0. The van der Waals surface area contributed by atoms with Gasteiger partial charge in [-0.1, -0.05) is 60.7 Å². The topological polar surface area (TPSA) is 78.0 Å². The standard InChI is InChI=1S/C24H27N3O4S/c28-23-17-22(19-26(23)18-21-9-5-2-6-10-21)24(29)25-12-14-27(15-13-25)32(30,31)16-11-20-7-3-1-4-8-20/h1-11,16,22H,12-15,17-19H2. The van der Waals surface area contributed by atoms with Crippen LogP contribution in [0, 0.1) is 5.92 Å². The van der Waals surface area contributed by atoms with Crippen LogP contribution >= 0.6 is 0 Å². The van der Waals surface area contributed by atoms with Crippen molar-refractivity contribution in [3.8, 4) is 0 Å². The smallest absolute Gasteiger partial charge is 0.236 e. The molecule has 0 saturated carbocycles. The number of carbonyl (C=O) groups is 2. The predicted octanol–water partition coefficient (Wildman–Crippen LogP) is 2.18. The molecule has 168 valence electrons. The average molecular weight is 454 g/mol. The highest BCUT2D eigenvalue weighted by molar-refractivity contribution is 7.92. The number of rotatable bonds is 6. The Bertz CT molecular complexity index is 1080. The molecular weight excluding hydrogens is 426 g/mol. The van der Waals surface area contributed by atoms with Gasteiger partial charge in [-0.25, -0.2) is 8.42 Å². The van der Waals surface area contributed by atoms with Crippen LogP contribution in [0.4, 0.5) is 0 Å². The van der Waals surface area contributed by atoms with Crippen molar-refractivity contribution in [2.45, 2.75) is 13.0 Å². The fourth-order valence-corrected chi connectivity index (χ4v) is 5.30. The van der Waals surface area contributed by atoms with Gasteiger partial charge in [-0.05, 0) is 17.2 Å². The molecule has 2 aromatic rings. The molecule has 0 N–H and O–H groups in total. The van der Waals surface area contributed by atoms with E-state index in [1.807, 2.05) is 60.7 Å². The largest absolute Gasteiger partial charge is 0.340 e. The summed E-state index contributed by atoms with van der Waals surface area (Å²) < 4.78 is 26.7. The Labute approximate surface area is 189 Å². The van der Waals surface area contributed by atoms with Gasteiger partial charge in [0.2, 0.25) is 21.8 Å². The molecule has 0 spiro atoms. The molecule has 4 rings (SSSR count). The zero-order chi connectivity index (χ0) is 22.6. The highest BCUT2D eigenvalue weighted by Gasteiger charge is 2.38. The second-order valence-corrected chi connectivity index (χ2v) is 9.96. The van der Waals surface area contributed by atoms with Crippen molar-refractivity contribution in [3.05, 3.63) is 77.2 Å². The molecule has 2 amide bonds. The van der Waals surface area contributed by atoms with Crippen LogP contribution in [0.3, 0.4) is 0 Å². The Balaban J connectivity index is 1.31. The molecule has 32 heavy (non-hydrogen) atoms. The van der Waals surface area contributed by atoms with Gasteiger partial charge in [0.1, 0.15) is 0 Å². The van der Waals surface area contributed by atoms with E-state index in [0.29, 0.717) is 26.2 Å². The first kappa shape index (κ1) is 22.2. The van der Waals surface area contributed by atoms with Crippen LogP contribution in [0.25, 0.3) is 6.08 Å². The van der Waals surface area contributed by atoms with Crippen molar-refractivity contribution >= 4 is 27.9 Å². The van der Waals surface area contributed by atoms with Crippen LogP contribution in [0.1, 0.15) is 17.5 Å². The van der Waals surface area contributed by atoms with Crippen molar-refractivity contribution in [2.24, 2.45) is 5.92 Å². The van der Waals surface area contributed by atoms with Gasteiger partial charge in [-0.2, -0.15) is 4.31 Å². The lowest BCUT2D eigenvalue weighted by Crippen LogP contribution is -2.51. The molecule has 0 aliphatic carbocycles. The van der Waals surface area contributed by atoms with Crippen LogP contribution in [0.15, 0.2) is 66.1 Å². The van der Waals surface area contributed by atoms with Crippen molar-refractivity contribution in [1.29, 1.82) is 0 Å². The van der Waals surface area contributed by atoms with Crippen LogP contribution in [-0.4, -0.2) is 67.1 Å². The van der Waals surface area contributed by atoms with Gasteiger partial charge >= 0.3 is 0 Å². The molecule has 2 heterocycles. The number of benzene rings is 2. The summed E-state index contributed by atoms with van der Waals surface area (Å²) >= 11 is 0. The molecule has 8 heteroatoms. The summed E-state index contributed by atoms with van der Waals surface area (Å²) in [7, 11) is -3.55. The van der Waals surface area contributed by atoms with Crippen molar-refractivity contribution in [2.75, 3.05) is 32.7 Å². The van der Waals surface area contributed by atoms with Crippen LogP contribution < -0.4 is 0 Å². The first-order valence-electron chi connectivity index (χ1n) is 10.8. The van der Waals surface area contributed by atoms with Gasteiger partial charge in [0, 0.05) is 51.1 Å². The lowest BCUT2D eigenvalue weighted by Gasteiger charge is -2.34. The summed E-state index contributed by atoms with van der Waals surface area (Å²) in [5.74, 6) is -0.447. The minimum absolute atomic E-state index is 0.0144. The monoisotopic (exact) mass is 453 g/mol. The molecule has 2 aromatic carbocycles. The Hall–Kier alpha value is -2.97. The number of sulfonamides is 1. The van der Waals surface area contributed by atoms with E-state index in [2.05, 4.69) is 0 Å². The van der Waals surface area contributed by atoms with E-state index in [4.69, 9.17) is 0 Å². The molecule has 2 aliphatic heterocycles. The average Bonchev–Trinajstić information content (AvgIpc) is 3.19. The highest BCUT2D eigenvalue weighted by Crippen LogP contribution is 2.23. The van der Waals surface area contributed by atoms with Crippen LogP contribution in [0.2, 0.25) is 0 Å². The van der Waals surface area contributed by atoms with Crippen LogP contribution in [-0.2, 0) is 26.2 Å². The number of hydrogen-bond donors (Lipinski definition) is 0. The Morgan fingerprint density at radius 3 is 2.22 bits per heavy atom. The maximum Gasteiger partial charge on any atom is 0.236 e. The Morgan fingerprint density at radius 2 is 1.56 bits per heavy atom. The van der Waals surface area contributed by atoms with E-state index < -0.39 is 10.0 Å². The molecule has 2 fully saturated rings. The summed E-state index contributed by atoms with van der Waals surface area (Å²) in [6.45, 7) is 2.08. The fraction of sp³-hybridized carbons (Fsp3) is 0.333. The van der Waals surface area contributed by atoms with Gasteiger partial charge in [-0.15, -0.1) is 0 Å². The fourth-order valence-electron chi connectivity index (χ4n) is 4.13. The summed E-state index contributed by atoms with van der Waals surface area (Å²) in [5, 5.41) is 1.22. The van der Waals surface area contributed by atoms with E-state index in [1.165, 1.54) is 9.71 Å². The maximum absolute atomic E-state index is 13.0. The minimum atomic E-state index is -3.55. The quantitative estimate of drug-likeness (QED) is 0.672. The molecule has 0 radical (unpaired) electrons. The molecule has 0 aromatic heterocycles. The minimum Gasteiger partial charge on any atom is -0.340 e. The highest BCUT2D eigenvalue weighted by atomic mass is 32.2. The third-order valence-corrected chi connectivity index (χ3v) is 7.49. The summed E-state index contributed by atoms with van der Waals surface area (Å²) in [6.07, 6.45) is 1.79. The van der Waals surface area contributed by atoms with Gasteiger partial charge < -0.3 is 9.80 Å². The van der Waals surface area contributed by atoms with E-state index in [-0.39, 0.29) is 37.2 Å². The van der Waals surface area contributed by atoms with E-state index in [0.717, 1.165) is 11.1 Å². The number of nitrogens with zero attached hydrogens (tertiary/aromatic N) is 3.